The zero-order valence-corrected chi connectivity index (χ0v) is 16.7. The first-order valence-corrected chi connectivity index (χ1v) is 9.50. The Morgan fingerprint density at radius 2 is 1.74 bits per heavy atom. The molecule has 0 fully saturated rings. The molecule has 23 heavy (non-hydrogen) atoms. The van der Waals surface area contributed by atoms with E-state index >= 15 is 0 Å². The molecule has 0 aliphatic carbocycles. The molecule has 0 aliphatic rings. The van der Waals surface area contributed by atoms with Gasteiger partial charge in [-0.25, -0.2) is 0 Å². The molecule has 0 N–H and O–H groups in total. The molecule has 1 atom stereocenters. The van der Waals surface area contributed by atoms with Gasteiger partial charge in [-0.15, -0.1) is 0 Å². The first kappa shape index (κ1) is 18.9. The van der Waals surface area contributed by atoms with Gasteiger partial charge in [-0.2, -0.15) is 0 Å². The maximum absolute atomic E-state index is 12.2. The van der Waals surface area contributed by atoms with Gasteiger partial charge >= 0.3 is 0 Å². The zero-order chi connectivity index (χ0) is 17.0. The minimum atomic E-state index is -0.648. The summed E-state index contributed by atoms with van der Waals surface area (Å²) in [5, 5.41) is 0.896. The minimum Gasteiger partial charge on any atom is -0.480 e. The highest BCUT2D eigenvalue weighted by atomic mass is 79.9. The van der Waals surface area contributed by atoms with Crippen molar-refractivity contribution in [3.63, 3.8) is 0 Å². The van der Waals surface area contributed by atoms with E-state index in [2.05, 4.69) is 15.9 Å². The Morgan fingerprint density at radius 1 is 1.13 bits per heavy atom. The minimum absolute atomic E-state index is 0.0879. The van der Waals surface area contributed by atoms with Crippen LogP contribution in [0.25, 0.3) is 0 Å². The number of halogens is 4. The lowest BCUT2D eigenvalue weighted by Crippen LogP contribution is -2.21. The molecule has 0 bridgehead atoms. The van der Waals surface area contributed by atoms with Crippen molar-refractivity contribution < 1.29 is 9.53 Å². The molecule has 2 aromatic carbocycles. The summed E-state index contributed by atoms with van der Waals surface area (Å²) >= 11 is 22.4. The van der Waals surface area contributed by atoms with E-state index in [9.17, 15) is 4.79 Å². The fraction of sp³-hybridized carbons (Fsp3) is 0.188. The van der Waals surface area contributed by atoms with Crippen molar-refractivity contribution in [1.29, 1.82) is 0 Å². The first-order chi connectivity index (χ1) is 10.9. The number of rotatable bonds is 5. The quantitative estimate of drug-likeness (QED) is 0.474. The predicted octanol–water partition coefficient (Wildman–Crippen LogP) is 6.64. The number of hydrogen-bond donors (Lipinski definition) is 0. The lowest BCUT2D eigenvalue weighted by atomic mass is 10.2. The third kappa shape index (κ3) is 5.57. The number of carbonyl (C=O) groups excluding carboxylic acids is 1. The van der Waals surface area contributed by atoms with E-state index in [0.29, 0.717) is 26.6 Å². The largest absolute Gasteiger partial charge is 0.480 e. The fourth-order valence-electron chi connectivity index (χ4n) is 1.69. The Labute approximate surface area is 162 Å². The Bertz CT molecular complexity index is 707. The second kappa shape index (κ2) is 8.63. The van der Waals surface area contributed by atoms with Gasteiger partial charge in [-0.05, 0) is 30.7 Å². The summed E-state index contributed by atoms with van der Waals surface area (Å²) in [5.41, 5.74) is 1.06. The van der Waals surface area contributed by atoms with E-state index in [1.54, 1.807) is 6.92 Å². The molecule has 0 spiro atoms. The second-order valence-electron chi connectivity index (χ2n) is 4.69. The first-order valence-electron chi connectivity index (χ1n) is 6.59. The van der Waals surface area contributed by atoms with Crippen molar-refractivity contribution in [1.82, 2.24) is 0 Å². The summed E-state index contributed by atoms with van der Waals surface area (Å²) in [4.78, 5) is 12.2. The van der Waals surface area contributed by atoms with Gasteiger partial charge < -0.3 is 4.74 Å². The molecule has 0 saturated carbocycles. The molecule has 2 nitrogen and oxygen atoms in total. The summed E-state index contributed by atoms with van der Waals surface area (Å²) < 4.78 is 6.60. The van der Waals surface area contributed by atoms with Crippen LogP contribution in [-0.2, 0) is 10.5 Å². The number of carbonyl (C=O) groups is 1. The monoisotopic (exact) mass is 452 g/mol. The van der Waals surface area contributed by atoms with E-state index in [0.717, 1.165) is 10.0 Å². The van der Waals surface area contributed by atoms with Gasteiger partial charge in [0, 0.05) is 16.3 Å². The number of benzene rings is 2. The average molecular weight is 455 g/mol. The molecule has 0 radical (unpaired) electrons. The second-order valence-corrected chi connectivity index (χ2v) is 7.81. The van der Waals surface area contributed by atoms with Gasteiger partial charge in [-0.1, -0.05) is 74.6 Å². The third-order valence-corrected chi connectivity index (χ3v) is 5.55. The topological polar surface area (TPSA) is 26.3 Å². The van der Waals surface area contributed by atoms with Gasteiger partial charge in [0.1, 0.15) is 5.75 Å². The van der Waals surface area contributed by atoms with Crippen LogP contribution in [0.15, 0.2) is 40.9 Å². The third-order valence-electron chi connectivity index (χ3n) is 2.90. The van der Waals surface area contributed by atoms with Crippen LogP contribution in [0.3, 0.4) is 0 Å². The van der Waals surface area contributed by atoms with Crippen LogP contribution in [0.5, 0.6) is 5.75 Å². The number of hydrogen-bond acceptors (Lipinski definition) is 3. The molecule has 0 heterocycles. The van der Waals surface area contributed by atoms with Crippen molar-refractivity contribution in [3.05, 3.63) is 61.5 Å². The van der Waals surface area contributed by atoms with Gasteiger partial charge in [-0.3, -0.25) is 4.79 Å². The van der Waals surface area contributed by atoms with Crippen LogP contribution in [0.4, 0.5) is 0 Å². The predicted molar refractivity (Wildman–Crippen MR) is 102 cm³/mol. The molecule has 0 aromatic heterocycles. The molecule has 2 rings (SSSR count). The van der Waals surface area contributed by atoms with Crippen LogP contribution in [0.2, 0.25) is 15.1 Å². The van der Waals surface area contributed by atoms with Gasteiger partial charge in [0.25, 0.3) is 0 Å². The summed E-state index contributed by atoms with van der Waals surface area (Å²) in [6.45, 7) is 1.68. The van der Waals surface area contributed by atoms with Crippen LogP contribution >= 0.6 is 62.5 Å². The molecule has 0 amide bonds. The maximum Gasteiger partial charge on any atom is 0.229 e. The molecule has 122 valence electrons. The van der Waals surface area contributed by atoms with E-state index < -0.39 is 6.10 Å². The summed E-state index contributed by atoms with van der Waals surface area (Å²) in [6.07, 6.45) is -0.648. The normalized spacial score (nSPS) is 12.0. The van der Waals surface area contributed by atoms with Crippen LogP contribution < -0.4 is 4.74 Å². The maximum atomic E-state index is 12.2. The van der Waals surface area contributed by atoms with Gasteiger partial charge in [0.05, 0.1) is 15.1 Å². The standard InChI is InChI=1S/C16H12BrCl3O2S/c1-9(22-15-7-13(19)12(18)6-14(15)20)16(21)23-8-10-2-4-11(17)5-3-10/h2-7,9H,8H2,1H3. The van der Waals surface area contributed by atoms with Gasteiger partial charge in [0.2, 0.25) is 5.12 Å². The smallest absolute Gasteiger partial charge is 0.229 e. The molecule has 0 aliphatic heterocycles. The van der Waals surface area contributed by atoms with E-state index in [-0.39, 0.29) is 5.12 Å². The Morgan fingerprint density at radius 3 is 2.39 bits per heavy atom. The number of thioether (sulfide) groups is 1. The highest BCUT2D eigenvalue weighted by Gasteiger charge is 2.18. The summed E-state index contributed by atoms with van der Waals surface area (Å²) in [5.74, 6) is 0.917. The van der Waals surface area contributed by atoms with Crippen molar-refractivity contribution in [3.8, 4) is 5.75 Å². The molecule has 7 heteroatoms. The molecule has 0 saturated heterocycles. The van der Waals surface area contributed by atoms with Crippen LogP contribution in [0, 0.1) is 0 Å². The van der Waals surface area contributed by atoms with Crippen molar-refractivity contribution in [2.75, 3.05) is 0 Å². The molecular weight excluding hydrogens is 443 g/mol. The Hall–Kier alpha value is -0.390. The SMILES string of the molecule is CC(Oc1cc(Cl)c(Cl)cc1Cl)C(=O)SCc1ccc(Br)cc1. The van der Waals surface area contributed by atoms with Crippen molar-refractivity contribution >= 4 is 67.6 Å². The van der Waals surface area contributed by atoms with E-state index in [4.69, 9.17) is 39.5 Å². The summed E-state index contributed by atoms with van der Waals surface area (Å²) in [7, 11) is 0. The van der Waals surface area contributed by atoms with E-state index in [1.165, 1.54) is 23.9 Å². The highest BCUT2D eigenvalue weighted by Crippen LogP contribution is 2.34. The summed E-state index contributed by atoms with van der Waals surface area (Å²) in [6, 6.07) is 10.8. The van der Waals surface area contributed by atoms with Gasteiger partial charge in [0.15, 0.2) is 6.10 Å². The fourth-order valence-corrected chi connectivity index (χ4v) is 3.32. The highest BCUT2D eigenvalue weighted by molar-refractivity contribution is 9.10. The average Bonchev–Trinajstić information content (AvgIpc) is 2.51. The van der Waals surface area contributed by atoms with Crippen molar-refractivity contribution in [2.45, 2.75) is 18.8 Å². The molecule has 1 unspecified atom stereocenters. The number of ether oxygens (including phenoxy) is 1. The Balaban J connectivity index is 1.95. The van der Waals surface area contributed by atoms with Crippen LogP contribution in [-0.4, -0.2) is 11.2 Å². The lowest BCUT2D eigenvalue weighted by Gasteiger charge is -2.15. The zero-order valence-electron chi connectivity index (χ0n) is 12.0. The van der Waals surface area contributed by atoms with E-state index in [1.807, 2.05) is 24.3 Å². The lowest BCUT2D eigenvalue weighted by molar-refractivity contribution is -0.116. The van der Waals surface area contributed by atoms with Crippen molar-refractivity contribution in [2.24, 2.45) is 0 Å². The van der Waals surface area contributed by atoms with Crippen LogP contribution in [0.1, 0.15) is 12.5 Å². The molecular formula is C16H12BrCl3O2S. The molecule has 2 aromatic rings. The Kier molecular flexibility index (Phi) is 7.11.